The maximum atomic E-state index is 12.7. The number of sulfonamides is 1. The predicted molar refractivity (Wildman–Crippen MR) is 95.1 cm³/mol. The van der Waals surface area contributed by atoms with E-state index in [4.69, 9.17) is 0 Å². The van der Waals surface area contributed by atoms with E-state index in [0.717, 1.165) is 12.8 Å². The molecule has 2 atom stereocenters. The van der Waals surface area contributed by atoms with Crippen molar-refractivity contribution in [3.63, 3.8) is 0 Å². The molecule has 1 aliphatic heterocycles. The smallest absolute Gasteiger partial charge is 0.311 e. The lowest BCUT2D eigenvalue weighted by atomic mass is 9.81. The lowest BCUT2D eigenvalue weighted by Crippen LogP contribution is -2.37. The summed E-state index contributed by atoms with van der Waals surface area (Å²) in [6.07, 6.45) is 3.74. The number of hydrogen-bond donors (Lipinski definition) is 2. The lowest BCUT2D eigenvalue weighted by Gasteiger charge is -2.23. The summed E-state index contributed by atoms with van der Waals surface area (Å²) in [5, 5.41) is 9.62. The van der Waals surface area contributed by atoms with Crippen LogP contribution in [0.15, 0.2) is 41.8 Å². The molecule has 140 valence electrons. The van der Waals surface area contributed by atoms with Crippen molar-refractivity contribution >= 4 is 21.9 Å². The maximum absolute atomic E-state index is 12.7. The summed E-state index contributed by atoms with van der Waals surface area (Å²) in [5.74, 6) is -1.10. The first-order valence-electron chi connectivity index (χ1n) is 8.53. The van der Waals surface area contributed by atoms with E-state index < -0.39 is 21.4 Å². The number of benzene rings is 1. The monoisotopic (exact) mass is 378 g/mol. The highest BCUT2D eigenvalue weighted by Gasteiger charge is 2.55. The standard InChI is InChI=1S/C18H22N2O5S/c1-2-10-19-26(24,25)15-7-5-13(6-8-15)16(21)20-11-14-4-3-9-18(14,12-20)17(22)23/h2,5-8,14,19H,1,3-4,9-12H2,(H,22,23)/t14-,18+/m0/s1. The van der Waals surface area contributed by atoms with Crippen molar-refractivity contribution in [3.8, 4) is 0 Å². The Bertz CT molecular complexity index is 834. The molecule has 2 aliphatic rings. The van der Waals surface area contributed by atoms with Crippen LogP contribution in [0.1, 0.15) is 29.6 Å². The molecule has 1 amide bonds. The number of nitrogens with one attached hydrogen (secondary N) is 1. The molecule has 1 aromatic rings. The van der Waals surface area contributed by atoms with Crippen LogP contribution in [-0.2, 0) is 14.8 Å². The van der Waals surface area contributed by atoms with Gasteiger partial charge in [0.1, 0.15) is 0 Å². The van der Waals surface area contributed by atoms with Crippen LogP contribution in [-0.4, -0.2) is 49.9 Å². The number of hydrogen-bond acceptors (Lipinski definition) is 4. The van der Waals surface area contributed by atoms with Gasteiger partial charge < -0.3 is 10.0 Å². The Morgan fingerprint density at radius 1 is 1.35 bits per heavy atom. The highest BCUT2D eigenvalue weighted by atomic mass is 32.2. The van der Waals surface area contributed by atoms with Crippen molar-refractivity contribution in [1.82, 2.24) is 9.62 Å². The van der Waals surface area contributed by atoms with Gasteiger partial charge in [-0.2, -0.15) is 0 Å². The van der Waals surface area contributed by atoms with Gasteiger partial charge in [0.05, 0.1) is 10.3 Å². The Morgan fingerprint density at radius 2 is 2.04 bits per heavy atom. The second-order valence-electron chi connectivity index (χ2n) is 6.90. The third-order valence-corrected chi connectivity index (χ3v) is 6.85. The number of likely N-dealkylation sites (tertiary alicyclic amines) is 1. The van der Waals surface area contributed by atoms with E-state index in [0.29, 0.717) is 18.5 Å². The molecule has 26 heavy (non-hydrogen) atoms. The fraction of sp³-hybridized carbons (Fsp3) is 0.444. The Morgan fingerprint density at radius 3 is 2.62 bits per heavy atom. The number of amides is 1. The van der Waals surface area contributed by atoms with Gasteiger partial charge >= 0.3 is 5.97 Å². The van der Waals surface area contributed by atoms with Gasteiger partial charge in [-0.3, -0.25) is 9.59 Å². The molecule has 0 bridgehead atoms. The van der Waals surface area contributed by atoms with E-state index in [1.807, 2.05) is 0 Å². The average molecular weight is 378 g/mol. The number of fused-ring (bicyclic) bond motifs is 1. The van der Waals surface area contributed by atoms with Crippen molar-refractivity contribution in [2.45, 2.75) is 24.2 Å². The minimum absolute atomic E-state index is 0.00768. The summed E-state index contributed by atoms with van der Waals surface area (Å²) < 4.78 is 26.5. The summed E-state index contributed by atoms with van der Waals surface area (Å²) in [6.45, 7) is 4.23. The molecule has 1 aromatic carbocycles. The van der Waals surface area contributed by atoms with Crippen LogP contribution in [0.4, 0.5) is 0 Å². The molecule has 0 unspecified atom stereocenters. The first kappa shape index (κ1) is 18.6. The molecule has 0 spiro atoms. The second kappa shape index (κ2) is 6.85. The minimum Gasteiger partial charge on any atom is -0.481 e. The molecule has 7 nitrogen and oxygen atoms in total. The van der Waals surface area contributed by atoms with Gasteiger partial charge in [-0.15, -0.1) is 6.58 Å². The molecule has 3 rings (SSSR count). The molecule has 1 aliphatic carbocycles. The van der Waals surface area contributed by atoms with E-state index in [9.17, 15) is 23.1 Å². The third-order valence-electron chi connectivity index (χ3n) is 5.41. The third kappa shape index (κ3) is 3.14. The van der Waals surface area contributed by atoms with Crippen molar-refractivity contribution < 1.29 is 23.1 Å². The summed E-state index contributed by atoms with van der Waals surface area (Å²) >= 11 is 0. The Balaban J connectivity index is 1.75. The van der Waals surface area contributed by atoms with E-state index >= 15 is 0 Å². The highest BCUT2D eigenvalue weighted by molar-refractivity contribution is 7.89. The van der Waals surface area contributed by atoms with E-state index in [1.165, 1.54) is 30.3 Å². The fourth-order valence-electron chi connectivity index (χ4n) is 4.00. The van der Waals surface area contributed by atoms with Crippen LogP contribution in [0.5, 0.6) is 0 Å². The first-order valence-corrected chi connectivity index (χ1v) is 10.0. The predicted octanol–water partition coefficient (Wildman–Crippen LogP) is 1.48. The van der Waals surface area contributed by atoms with Crippen LogP contribution >= 0.6 is 0 Å². The van der Waals surface area contributed by atoms with Gasteiger partial charge in [0.25, 0.3) is 5.91 Å². The van der Waals surface area contributed by atoms with Crippen LogP contribution in [0, 0.1) is 11.3 Å². The van der Waals surface area contributed by atoms with Crippen LogP contribution in [0.3, 0.4) is 0 Å². The normalized spacial score (nSPS) is 25.1. The summed E-state index contributed by atoms with van der Waals surface area (Å²) in [7, 11) is -3.64. The number of carboxylic acids is 1. The number of carbonyl (C=O) groups excluding carboxylic acids is 1. The molecule has 2 N–H and O–H groups in total. The molecule has 8 heteroatoms. The van der Waals surface area contributed by atoms with E-state index in [1.54, 1.807) is 4.90 Å². The van der Waals surface area contributed by atoms with Crippen LogP contribution < -0.4 is 4.72 Å². The summed E-state index contributed by atoms with van der Waals surface area (Å²) in [6, 6.07) is 5.68. The molecule has 0 radical (unpaired) electrons. The summed E-state index contributed by atoms with van der Waals surface area (Å²) in [5.41, 5.74) is -0.471. The lowest BCUT2D eigenvalue weighted by molar-refractivity contribution is -0.149. The molecule has 0 aromatic heterocycles. The number of nitrogens with zero attached hydrogens (tertiary/aromatic N) is 1. The average Bonchev–Trinajstić information content (AvgIpc) is 3.18. The van der Waals surface area contributed by atoms with E-state index in [2.05, 4.69) is 11.3 Å². The zero-order valence-electron chi connectivity index (χ0n) is 14.3. The molecular formula is C18H22N2O5S. The molecule has 1 saturated carbocycles. The zero-order chi connectivity index (χ0) is 18.9. The Labute approximate surface area is 152 Å². The van der Waals surface area contributed by atoms with Crippen LogP contribution in [0.25, 0.3) is 0 Å². The van der Waals surface area contributed by atoms with Crippen LogP contribution in [0.2, 0.25) is 0 Å². The Hall–Kier alpha value is -2.19. The summed E-state index contributed by atoms with van der Waals surface area (Å²) in [4.78, 5) is 26.1. The van der Waals surface area contributed by atoms with Crippen molar-refractivity contribution in [2.24, 2.45) is 11.3 Å². The molecule has 1 heterocycles. The number of carbonyl (C=O) groups is 2. The zero-order valence-corrected chi connectivity index (χ0v) is 15.2. The first-order chi connectivity index (χ1) is 12.3. The van der Waals surface area contributed by atoms with Gasteiger partial charge in [-0.25, -0.2) is 13.1 Å². The van der Waals surface area contributed by atoms with Crippen molar-refractivity contribution in [2.75, 3.05) is 19.6 Å². The second-order valence-corrected chi connectivity index (χ2v) is 8.67. The maximum Gasteiger partial charge on any atom is 0.311 e. The number of rotatable bonds is 6. The molecular weight excluding hydrogens is 356 g/mol. The molecule has 1 saturated heterocycles. The van der Waals surface area contributed by atoms with Gasteiger partial charge in [0.15, 0.2) is 0 Å². The van der Waals surface area contributed by atoms with Gasteiger partial charge in [-0.05, 0) is 43.0 Å². The van der Waals surface area contributed by atoms with Crippen molar-refractivity contribution in [3.05, 3.63) is 42.5 Å². The highest BCUT2D eigenvalue weighted by Crippen LogP contribution is 2.49. The number of aliphatic carboxylic acids is 1. The Kier molecular flexibility index (Phi) is 4.90. The SMILES string of the molecule is C=CCNS(=O)(=O)c1ccc(C(=O)N2C[C@@H]3CCC[C@@]3(C(=O)O)C2)cc1. The van der Waals surface area contributed by atoms with Gasteiger partial charge in [0, 0.05) is 25.2 Å². The largest absolute Gasteiger partial charge is 0.481 e. The minimum atomic E-state index is -3.64. The van der Waals surface area contributed by atoms with Gasteiger partial charge in [0.2, 0.25) is 10.0 Å². The van der Waals surface area contributed by atoms with Gasteiger partial charge in [-0.1, -0.05) is 12.5 Å². The van der Waals surface area contributed by atoms with Crippen molar-refractivity contribution in [1.29, 1.82) is 0 Å². The fourth-order valence-corrected chi connectivity index (χ4v) is 5.00. The topological polar surface area (TPSA) is 104 Å². The number of carboxylic acid groups (broad SMARTS) is 1. The molecule has 2 fully saturated rings. The van der Waals surface area contributed by atoms with E-state index in [-0.39, 0.29) is 29.8 Å². The quantitative estimate of drug-likeness (QED) is 0.730.